The van der Waals surface area contributed by atoms with Crippen molar-refractivity contribution in [3.63, 3.8) is 0 Å². The van der Waals surface area contributed by atoms with Crippen molar-refractivity contribution in [2.75, 3.05) is 5.88 Å². The molecule has 4 heteroatoms. The Morgan fingerprint density at radius 3 is 1.71 bits per heavy atom. The largest absolute Gasteiger partial charge is 0.294 e. The van der Waals surface area contributed by atoms with Crippen molar-refractivity contribution in [1.29, 1.82) is 0 Å². The molecule has 0 atom stereocenters. The van der Waals surface area contributed by atoms with Crippen LogP contribution < -0.4 is 0 Å². The number of carbonyl (C=O) groups excluding carboxylic acids is 3. The molecule has 0 heterocycles. The Labute approximate surface area is 127 Å². The normalized spacial score (nSPS) is 10.1. The molecule has 2 aromatic carbocycles. The third-order valence-electron chi connectivity index (χ3n) is 3.03. The summed E-state index contributed by atoms with van der Waals surface area (Å²) in [6.45, 7) is 0. The number of hydrogen-bond acceptors (Lipinski definition) is 3. The third-order valence-corrected chi connectivity index (χ3v) is 3.22. The van der Waals surface area contributed by atoms with Gasteiger partial charge in [-0.3, -0.25) is 14.4 Å². The van der Waals surface area contributed by atoms with Gasteiger partial charge in [-0.15, -0.1) is 11.6 Å². The molecule has 0 saturated carbocycles. The molecular formula is C17H13ClO3. The smallest absolute Gasteiger partial charge is 0.233 e. The Balaban J connectivity index is 2.17. The van der Waals surface area contributed by atoms with E-state index in [2.05, 4.69) is 0 Å². The highest BCUT2D eigenvalue weighted by Crippen LogP contribution is 2.11. The van der Waals surface area contributed by atoms with Crippen LogP contribution in [0, 0.1) is 0 Å². The number of hydrogen-bond donors (Lipinski definition) is 0. The fourth-order valence-electron chi connectivity index (χ4n) is 1.89. The summed E-state index contributed by atoms with van der Waals surface area (Å²) in [7, 11) is 0. The van der Waals surface area contributed by atoms with Gasteiger partial charge in [0.05, 0.1) is 0 Å². The molecule has 0 bridgehead atoms. The summed E-state index contributed by atoms with van der Waals surface area (Å²) < 4.78 is 0. The quantitative estimate of drug-likeness (QED) is 0.465. The summed E-state index contributed by atoms with van der Waals surface area (Å²) in [6.07, 6.45) is 0.248. The molecule has 0 N–H and O–H groups in total. The maximum Gasteiger partial charge on any atom is 0.233 e. The van der Waals surface area contributed by atoms with Gasteiger partial charge >= 0.3 is 0 Å². The lowest BCUT2D eigenvalue weighted by Gasteiger charge is -2.02. The van der Waals surface area contributed by atoms with Gasteiger partial charge in [-0.2, -0.15) is 0 Å². The monoisotopic (exact) mass is 300 g/mol. The van der Waals surface area contributed by atoms with Crippen LogP contribution >= 0.6 is 11.6 Å². The van der Waals surface area contributed by atoms with E-state index in [1.165, 1.54) is 12.1 Å². The predicted octanol–water partition coefficient (Wildman–Crippen LogP) is 3.56. The number of benzene rings is 2. The number of ketones is 3. The summed E-state index contributed by atoms with van der Waals surface area (Å²) in [4.78, 5) is 35.8. The third kappa shape index (κ3) is 3.64. The van der Waals surface area contributed by atoms with Crippen LogP contribution in [-0.2, 0) is 0 Å². The van der Waals surface area contributed by atoms with Gasteiger partial charge in [0.15, 0.2) is 5.78 Å². The maximum absolute atomic E-state index is 12.1. The number of Topliss-reactive ketones (excluding diaryl/α,β-unsaturated/α-hetero) is 3. The molecule has 0 radical (unpaired) electrons. The number of carbonyl (C=O) groups is 3. The summed E-state index contributed by atoms with van der Waals surface area (Å²) >= 11 is 5.52. The van der Waals surface area contributed by atoms with Gasteiger partial charge < -0.3 is 0 Å². The highest BCUT2D eigenvalue weighted by molar-refractivity contribution is 6.49. The van der Waals surface area contributed by atoms with Crippen LogP contribution in [0.3, 0.4) is 0 Å². The van der Waals surface area contributed by atoms with E-state index >= 15 is 0 Å². The molecule has 0 fully saturated rings. The summed E-state index contributed by atoms with van der Waals surface area (Å²) in [5.41, 5.74) is 1.11. The number of rotatable bonds is 6. The zero-order valence-electron chi connectivity index (χ0n) is 11.2. The second-order valence-corrected chi connectivity index (χ2v) is 4.84. The van der Waals surface area contributed by atoms with Crippen LogP contribution in [-0.4, -0.2) is 23.2 Å². The van der Waals surface area contributed by atoms with Crippen LogP contribution in [0.25, 0.3) is 0 Å². The molecule has 0 aliphatic rings. The van der Waals surface area contributed by atoms with Crippen molar-refractivity contribution in [3.05, 3.63) is 71.3 Å². The average molecular weight is 301 g/mol. The van der Waals surface area contributed by atoms with Gasteiger partial charge in [0.1, 0.15) is 0 Å². The van der Waals surface area contributed by atoms with Crippen LogP contribution in [0.1, 0.15) is 37.5 Å². The maximum atomic E-state index is 12.1. The van der Waals surface area contributed by atoms with E-state index in [0.29, 0.717) is 11.1 Å². The predicted molar refractivity (Wildman–Crippen MR) is 81.2 cm³/mol. The van der Waals surface area contributed by atoms with Crippen molar-refractivity contribution < 1.29 is 14.4 Å². The molecule has 2 aromatic rings. The first kappa shape index (κ1) is 15.1. The Morgan fingerprint density at radius 2 is 1.19 bits per heavy atom. The highest BCUT2D eigenvalue weighted by Gasteiger charge is 2.18. The zero-order chi connectivity index (χ0) is 15.2. The fourth-order valence-corrected chi connectivity index (χ4v) is 2.06. The van der Waals surface area contributed by atoms with E-state index in [-0.39, 0.29) is 23.6 Å². The topological polar surface area (TPSA) is 51.2 Å². The molecule has 0 unspecified atom stereocenters. The van der Waals surface area contributed by atoms with Crippen LogP contribution in [0.2, 0.25) is 0 Å². The first-order valence-electron chi connectivity index (χ1n) is 6.47. The van der Waals surface area contributed by atoms with E-state index in [1.807, 2.05) is 0 Å². The number of alkyl halides is 1. The van der Waals surface area contributed by atoms with Crippen molar-refractivity contribution in [3.8, 4) is 0 Å². The van der Waals surface area contributed by atoms with Gasteiger partial charge in [-0.25, -0.2) is 0 Å². The van der Waals surface area contributed by atoms with Crippen molar-refractivity contribution in [2.45, 2.75) is 6.42 Å². The first-order valence-corrected chi connectivity index (χ1v) is 7.00. The second kappa shape index (κ2) is 6.95. The molecule has 0 amide bonds. The summed E-state index contributed by atoms with van der Waals surface area (Å²) in [6, 6.07) is 14.4. The molecule has 2 rings (SSSR count). The van der Waals surface area contributed by atoms with Gasteiger partial charge in [-0.05, 0) is 0 Å². The molecule has 0 saturated heterocycles. The SMILES string of the molecule is O=C(CCCl)c1ccc(C(=O)C(=O)c2ccccc2)cc1. The molecule has 0 aliphatic carbocycles. The van der Waals surface area contributed by atoms with E-state index in [1.54, 1.807) is 42.5 Å². The minimum Gasteiger partial charge on any atom is -0.294 e. The van der Waals surface area contributed by atoms with Gasteiger partial charge in [-0.1, -0.05) is 54.6 Å². The molecule has 106 valence electrons. The molecule has 0 spiro atoms. The fraction of sp³-hybridized carbons (Fsp3) is 0.118. The Bertz CT molecular complexity index is 660. The van der Waals surface area contributed by atoms with Gasteiger partial charge in [0.2, 0.25) is 11.6 Å². The minimum absolute atomic E-state index is 0.0848. The van der Waals surface area contributed by atoms with E-state index in [0.717, 1.165) is 0 Å². The molecule has 0 aromatic heterocycles. The Morgan fingerprint density at radius 1 is 0.714 bits per heavy atom. The lowest BCUT2D eigenvalue weighted by Crippen LogP contribution is -2.14. The van der Waals surface area contributed by atoms with E-state index in [4.69, 9.17) is 11.6 Å². The molecule has 3 nitrogen and oxygen atoms in total. The first-order chi connectivity index (χ1) is 10.1. The molecule has 0 aliphatic heterocycles. The average Bonchev–Trinajstić information content (AvgIpc) is 2.54. The van der Waals surface area contributed by atoms with Crippen LogP contribution in [0.5, 0.6) is 0 Å². The lowest BCUT2D eigenvalue weighted by molar-refractivity contribution is 0.0817. The molecular weight excluding hydrogens is 288 g/mol. The van der Waals surface area contributed by atoms with Crippen LogP contribution in [0.15, 0.2) is 54.6 Å². The van der Waals surface area contributed by atoms with E-state index < -0.39 is 11.6 Å². The van der Waals surface area contributed by atoms with Crippen molar-refractivity contribution >= 4 is 29.0 Å². The standard InChI is InChI=1S/C17H13ClO3/c18-11-10-15(19)12-6-8-14(9-7-12)17(21)16(20)13-4-2-1-3-5-13/h1-9H,10-11H2. The summed E-state index contributed by atoms with van der Waals surface area (Å²) in [5.74, 6) is -0.974. The van der Waals surface area contributed by atoms with Crippen LogP contribution in [0.4, 0.5) is 0 Å². The van der Waals surface area contributed by atoms with Gasteiger partial charge in [0, 0.05) is 29.0 Å². The lowest BCUT2D eigenvalue weighted by atomic mass is 9.99. The highest BCUT2D eigenvalue weighted by atomic mass is 35.5. The van der Waals surface area contributed by atoms with Gasteiger partial charge in [0.25, 0.3) is 0 Å². The van der Waals surface area contributed by atoms with Crippen molar-refractivity contribution in [2.24, 2.45) is 0 Å². The Hall–Kier alpha value is -2.26. The zero-order valence-corrected chi connectivity index (χ0v) is 12.0. The Kier molecular flexibility index (Phi) is 5.01. The van der Waals surface area contributed by atoms with E-state index in [9.17, 15) is 14.4 Å². The minimum atomic E-state index is -0.586. The molecule has 21 heavy (non-hydrogen) atoms. The second-order valence-electron chi connectivity index (χ2n) is 4.46. The van der Waals surface area contributed by atoms with Crippen molar-refractivity contribution in [1.82, 2.24) is 0 Å². The summed E-state index contributed by atoms with van der Waals surface area (Å²) in [5, 5.41) is 0. The number of halogens is 1.